The van der Waals surface area contributed by atoms with Gasteiger partial charge in [0.25, 0.3) is 11.8 Å². The van der Waals surface area contributed by atoms with Gasteiger partial charge in [0, 0.05) is 30.3 Å². The Hall–Kier alpha value is -3.38. The second-order valence-corrected chi connectivity index (χ2v) is 9.41. The van der Waals surface area contributed by atoms with E-state index in [0.717, 1.165) is 42.8 Å². The summed E-state index contributed by atoms with van der Waals surface area (Å²) >= 11 is 0. The summed E-state index contributed by atoms with van der Waals surface area (Å²) < 4.78 is 5.83. The maximum atomic E-state index is 13.4. The molecule has 6 rings (SSSR count). The molecule has 2 amide bonds. The van der Waals surface area contributed by atoms with Gasteiger partial charge in [-0.25, -0.2) is 0 Å². The summed E-state index contributed by atoms with van der Waals surface area (Å²) in [6.07, 6.45) is 7.01. The predicted molar refractivity (Wildman–Crippen MR) is 131 cm³/mol. The molecule has 4 aliphatic heterocycles. The van der Waals surface area contributed by atoms with Crippen LogP contribution in [0.4, 0.5) is 11.4 Å². The molecule has 6 heteroatoms. The van der Waals surface area contributed by atoms with E-state index in [1.54, 1.807) is 0 Å². The molecule has 1 saturated heterocycles. The Labute approximate surface area is 199 Å². The summed E-state index contributed by atoms with van der Waals surface area (Å²) in [5.41, 5.74) is 7.44. The normalized spacial score (nSPS) is 24.6. The lowest BCUT2D eigenvalue weighted by atomic mass is 9.92. The van der Waals surface area contributed by atoms with E-state index in [0.29, 0.717) is 30.1 Å². The van der Waals surface area contributed by atoms with Gasteiger partial charge in [0.05, 0.1) is 24.0 Å². The summed E-state index contributed by atoms with van der Waals surface area (Å²) in [5.74, 6) is 0.104. The second-order valence-electron chi connectivity index (χ2n) is 9.41. The fourth-order valence-corrected chi connectivity index (χ4v) is 5.95. The Kier molecular flexibility index (Phi) is 5.06. The van der Waals surface area contributed by atoms with Crippen LogP contribution in [0.1, 0.15) is 66.2 Å². The fraction of sp³-hybridized carbons (Fsp3) is 0.357. The Morgan fingerprint density at radius 3 is 2.82 bits per heavy atom. The van der Waals surface area contributed by atoms with Gasteiger partial charge >= 0.3 is 0 Å². The Morgan fingerprint density at radius 1 is 1.21 bits per heavy atom. The number of nitrogens with one attached hydrogen (secondary N) is 1. The van der Waals surface area contributed by atoms with Crippen molar-refractivity contribution in [1.82, 2.24) is 4.90 Å². The molecule has 0 aromatic heterocycles. The molecule has 4 heterocycles. The predicted octanol–water partition coefficient (Wildman–Crippen LogP) is 5.13. The number of allylic oxidation sites excluding steroid dienone is 2. The minimum Gasteiger partial charge on any atom is -0.381 e. The molecular formula is C28H29N3O3. The molecule has 0 aliphatic carbocycles. The van der Waals surface area contributed by atoms with Crippen LogP contribution >= 0.6 is 0 Å². The molecule has 1 N–H and O–H groups in total. The first-order valence-electron chi connectivity index (χ1n) is 12.2. The zero-order valence-corrected chi connectivity index (χ0v) is 19.6. The first-order chi connectivity index (χ1) is 16.6. The van der Waals surface area contributed by atoms with Crippen molar-refractivity contribution in [2.24, 2.45) is 5.92 Å². The van der Waals surface area contributed by atoms with Crippen molar-refractivity contribution in [2.45, 2.75) is 45.7 Å². The van der Waals surface area contributed by atoms with E-state index in [9.17, 15) is 9.59 Å². The summed E-state index contributed by atoms with van der Waals surface area (Å²) in [7, 11) is 0. The number of rotatable bonds is 3. The van der Waals surface area contributed by atoms with Gasteiger partial charge in [-0.05, 0) is 55.0 Å². The quantitative estimate of drug-likeness (QED) is 0.652. The molecule has 0 bridgehead atoms. The monoisotopic (exact) mass is 455 g/mol. The van der Waals surface area contributed by atoms with Crippen LogP contribution in [0.15, 0.2) is 59.9 Å². The molecule has 4 aliphatic rings. The highest BCUT2D eigenvalue weighted by atomic mass is 16.5. The number of anilines is 2. The molecule has 2 aromatic rings. The van der Waals surface area contributed by atoms with Gasteiger partial charge in [0.2, 0.25) is 0 Å². The highest BCUT2D eigenvalue weighted by molar-refractivity contribution is 6.14. The maximum absolute atomic E-state index is 13.4. The molecule has 0 radical (unpaired) electrons. The number of fused-ring (bicyclic) bond motifs is 6. The smallest absolute Gasteiger partial charge is 0.272 e. The minimum atomic E-state index is -0.148. The number of nitrogens with zero attached hydrogens (tertiary/aromatic N) is 2. The second kappa shape index (κ2) is 8.13. The summed E-state index contributed by atoms with van der Waals surface area (Å²) in [6.45, 7) is 6.09. The van der Waals surface area contributed by atoms with Gasteiger partial charge in [0.1, 0.15) is 5.70 Å². The highest BCUT2D eigenvalue weighted by Crippen LogP contribution is 2.50. The van der Waals surface area contributed by atoms with E-state index in [1.807, 2.05) is 36.1 Å². The van der Waals surface area contributed by atoms with E-state index in [1.165, 1.54) is 11.1 Å². The molecule has 34 heavy (non-hydrogen) atoms. The first kappa shape index (κ1) is 21.2. The number of carbonyl (C=O) groups is 2. The number of benzene rings is 2. The van der Waals surface area contributed by atoms with Gasteiger partial charge in [0.15, 0.2) is 0 Å². The lowest BCUT2D eigenvalue weighted by Gasteiger charge is -2.39. The number of hydrogen-bond acceptors (Lipinski definition) is 4. The molecule has 1 fully saturated rings. The average Bonchev–Trinajstić information content (AvgIpc) is 3.37. The van der Waals surface area contributed by atoms with Crippen molar-refractivity contribution < 1.29 is 14.3 Å². The molecule has 2 unspecified atom stereocenters. The Balaban J connectivity index is 1.53. The maximum Gasteiger partial charge on any atom is 0.272 e. The minimum absolute atomic E-state index is 0.0293. The number of hydrogen-bond donors (Lipinski definition) is 1. The van der Waals surface area contributed by atoms with Crippen molar-refractivity contribution in [3.8, 4) is 0 Å². The lowest BCUT2D eigenvalue weighted by molar-refractivity contribution is -0.113. The SMILES string of the molecule is C/C=C1/C(=O)Nc2cc3c(cc2N1/C(=C/CC)C1CCCOC1)C1c2ccccc2CN1C3=O. The lowest BCUT2D eigenvalue weighted by Crippen LogP contribution is -2.39. The van der Waals surface area contributed by atoms with Gasteiger partial charge in [-0.15, -0.1) is 0 Å². The van der Waals surface area contributed by atoms with E-state index < -0.39 is 0 Å². The van der Waals surface area contributed by atoms with Gasteiger partial charge in [-0.1, -0.05) is 43.3 Å². The Morgan fingerprint density at radius 2 is 2.06 bits per heavy atom. The summed E-state index contributed by atoms with van der Waals surface area (Å²) in [4.78, 5) is 30.6. The zero-order valence-electron chi connectivity index (χ0n) is 19.6. The van der Waals surface area contributed by atoms with Crippen LogP contribution in [0.2, 0.25) is 0 Å². The fourth-order valence-electron chi connectivity index (χ4n) is 5.95. The molecule has 2 atom stereocenters. The third-order valence-corrected chi connectivity index (χ3v) is 7.44. The van der Waals surface area contributed by atoms with Crippen LogP contribution in [0, 0.1) is 5.92 Å². The van der Waals surface area contributed by atoms with Crippen LogP contribution in [0.5, 0.6) is 0 Å². The molecule has 6 nitrogen and oxygen atoms in total. The van der Waals surface area contributed by atoms with E-state index >= 15 is 0 Å². The van der Waals surface area contributed by atoms with Crippen LogP contribution < -0.4 is 10.2 Å². The van der Waals surface area contributed by atoms with Crippen LogP contribution in [0.25, 0.3) is 0 Å². The first-order valence-corrected chi connectivity index (χ1v) is 12.2. The third kappa shape index (κ3) is 3.05. The van der Waals surface area contributed by atoms with Crippen molar-refractivity contribution in [3.63, 3.8) is 0 Å². The van der Waals surface area contributed by atoms with E-state index in [4.69, 9.17) is 4.74 Å². The van der Waals surface area contributed by atoms with E-state index in [2.05, 4.69) is 41.4 Å². The topological polar surface area (TPSA) is 61.9 Å². The van der Waals surface area contributed by atoms with Gasteiger partial charge in [-0.2, -0.15) is 0 Å². The third-order valence-electron chi connectivity index (χ3n) is 7.44. The number of carbonyl (C=O) groups excluding carboxylic acids is 2. The standard InChI is InChI=1S/C28H29N3O3/c1-3-8-24(18-10-7-12-34-16-18)31-23(4-2)27(32)29-22-13-21-20(14-25(22)31)26-19-11-6-5-9-17(19)15-30(26)28(21)33/h4-6,8-9,11,13-14,18,26H,3,7,10,12,15-16H2,1-2H3,(H,29,32)/b23-4-,24-8+. The summed E-state index contributed by atoms with van der Waals surface area (Å²) in [5, 5.41) is 3.05. The molecule has 0 spiro atoms. The van der Waals surface area contributed by atoms with Crippen molar-refractivity contribution in [2.75, 3.05) is 23.4 Å². The Bertz CT molecular complexity index is 1260. The largest absolute Gasteiger partial charge is 0.381 e. The average molecular weight is 456 g/mol. The zero-order chi connectivity index (χ0) is 23.4. The van der Waals surface area contributed by atoms with Gasteiger partial charge in [-0.3, -0.25) is 9.59 Å². The van der Waals surface area contributed by atoms with Crippen LogP contribution in [-0.4, -0.2) is 29.9 Å². The number of amides is 2. The van der Waals surface area contributed by atoms with Crippen molar-refractivity contribution in [3.05, 3.63) is 82.2 Å². The van der Waals surface area contributed by atoms with Gasteiger partial charge < -0.3 is 19.9 Å². The van der Waals surface area contributed by atoms with E-state index in [-0.39, 0.29) is 23.8 Å². The van der Waals surface area contributed by atoms with Crippen molar-refractivity contribution >= 4 is 23.2 Å². The molecular weight excluding hydrogens is 426 g/mol. The van der Waals surface area contributed by atoms with Crippen molar-refractivity contribution in [1.29, 1.82) is 0 Å². The summed E-state index contributed by atoms with van der Waals surface area (Å²) in [6, 6.07) is 12.2. The van der Waals surface area contributed by atoms with Crippen LogP contribution in [0.3, 0.4) is 0 Å². The number of ether oxygens (including phenoxy) is 1. The molecule has 2 aromatic carbocycles. The highest BCUT2D eigenvalue weighted by Gasteiger charge is 2.45. The molecule has 0 saturated carbocycles. The van der Waals surface area contributed by atoms with Crippen LogP contribution in [-0.2, 0) is 16.1 Å². The molecule has 174 valence electrons.